The first-order valence-corrected chi connectivity index (χ1v) is 7.30. The van der Waals surface area contributed by atoms with E-state index < -0.39 is 0 Å². The van der Waals surface area contributed by atoms with Crippen LogP contribution in [0.5, 0.6) is 0 Å². The van der Waals surface area contributed by atoms with E-state index in [0.29, 0.717) is 12.2 Å². The van der Waals surface area contributed by atoms with Crippen LogP contribution in [0, 0.1) is 5.82 Å². The van der Waals surface area contributed by atoms with E-state index in [1.807, 2.05) is 0 Å². The first-order chi connectivity index (χ1) is 10.6. The number of amides is 1. The lowest BCUT2D eigenvalue weighted by atomic mass is 9.99. The molecule has 1 aliphatic rings. The molecule has 0 saturated carbocycles. The standard InChI is InChI=1S/C16H18FN3O2/c1-20-10-12(9-18-20)16(21)19-15(14-3-2-8-22-14)11-4-6-13(17)7-5-11/h4-7,9-10,14-15H,2-3,8H2,1H3,(H,19,21)/t14-,15-/m0/s1. The second-order valence-corrected chi connectivity index (χ2v) is 5.46. The summed E-state index contributed by atoms with van der Waals surface area (Å²) in [5.41, 5.74) is 1.33. The Morgan fingerprint density at radius 3 is 2.82 bits per heavy atom. The molecule has 1 saturated heterocycles. The minimum Gasteiger partial charge on any atom is -0.376 e. The van der Waals surface area contributed by atoms with Gasteiger partial charge in [-0.1, -0.05) is 12.1 Å². The highest BCUT2D eigenvalue weighted by molar-refractivity contribution is 5.94. The van der Waals surface area contributed by atoms with Gasteiger partial charge in [0.25, 0.3) is 5.91 Å². The van der Waals surface area contributed by atoms with Gasteiger partial charge in [-0.05, 0) is 30.5 Å². The lowest BCUT2D eigenvalue weighted by Gasteiger charge is -2.24. The highest BCUT2D eigenvalue weighted by Gasteiger charge is 2.29. The summed E-state index contributed by atoms with van der Waals surface area (Å²) in [5.74, 6) is -0.508. The Bertz CT molecular complexity index is 648. The Balaban J connectivity index is 1.82. The zero-order chi connectivity index (χ0) is 15.5. The molecule has 3 rings (SSSR count). The fourth-order valence-electron chi connectivity index (χ4n) is 2.69. The molecule has 1 aliphatic heterocycles. The Labute approximate surface area is 128 Å². The van der Waals surface area contributed by atoms with E-state index in [2.05, 4.69) is 10.4 Å². The van der Waals surface area contributed by atoms with E-state index in [4.69, 9.17) is 4.74 Å². The van der Waals surface area contributed by atoms with E-state index in [1.165, 1.54) is 18.3 Å². The van der Waals surface area contributed by atoms with E-state index in [-0.39, 0.29) is 23.9 Å². The molecule has 6 heteroatoms. The second kappa shape index (κ2) is 6.27. The van der Waals surface area contributed by atoms with Crippen molar-refractivity contribution in [2.24, 2.45) is 7.05 Å². The Morgan fingerprint density at radius 2 is 2.23 bits per heavy atom. The van der Waals surface area contributed by atoms with Crippen molar-refractivity contribution in [1.82, 2.24) is 15.1 Å². The van der Waals surface area contributed by atoms with Gasteiger partial charge < -0.3 is 10.1 Å². The molecular weight excluding hydrogens is 285 g/mol. The van der Waals surface area contributed by atoms with Gasteiger partial charge in [-0.3, -0.25) is 9.48 Å². The van der Waals surface area contributed by atoms with Gasteiger partial charge >= 0.3 is 0 Å². The van der Waals surface area contributed by atoms with E-state index in [9.17, 15) is 9.18 Å². The number of aryl methyl sites for hydroxylation is 1. The molecule has 0 unspecified atom stereocenters. The fraction of sp³-hybridized carbons (Fsp3) is 0.375. The minimum absolute atomic E-state index is 0.0916. The molecule has 22 heavy (non-hydrogen) atoms. The number of benzene rings is 1. The summed E-state index contributed by atoms with van der Waals surface area (Å²) in [5, 5.41) is 6.99. The van der Waals surface area contributed by atoms with Crippen molar-refractivity contribution in [2.75, 3.05) is 6.61 Å². The second-order valence-electron chi connectivity index (χ2n) is 5.46. The third kappa shape index (κ3) is 3.17. The van der Waals surface area contributed by atoms with Crippen LogP contribution in [0.4, 0.5) is 4.39 Å². The summed E-state index contributed by atoms with van der Waals surface area (Å²) in [6, 6.07) is 5.87. The number of rotatable bonds is 4. The number of aromatic nitrogens is 2. The molecule has 1 fully saturated rings. The van der Waals surface area contributed by atoms with Crippen molar-refractivity contribution < 1.29 is 13.9 Å². The fourth-order valence-corrected chi connectivity index (χ4v) is 2.69. The number of hydrogen-bond acceptors (Lipinski definition) is 3. The Hall–Kier alpha value is -2.21. The summed E-state index contributed by atoms with van der Waals surface area (Å²) in [6.07, 6.45) is 4.92. The number of halogens is 1. The molecule has 0 radical (unpaired) electrons. The largest absolute Gasteiger partial charge is 0.376 e. The maximum Gasteiger partial charge on any atom is 0.255 e. The number of hydrogen-bond donors (Lipinski definition) is 1. The number of ether oxygens (including phenoxy) is 1. The maximum absolute atomic E-state index is 13.1. The van der Waals surface area contributed by atoms with Crippen LogP contribution in [0.1, 0.15) is 34.8 Å². The van der Waals surface area contributed by atoms with Crippen molar-refractivity contribution in [2.45, 2.75) is 25.0 Å². The van der Waals surface area contributed by atoms with Gasteiger partial charge in [0.1, 0.15) is 5.82 Å². The lowest BCUT2D eigenvalue weighted by Crippen LogP contribution is -2.36. The van der Waals surface area contributed by atoms with Crippen LogP contribution in [0.15, 0.2) is 36.7 Å². The highest BCUT2D eigenvalue weighted by Crippen LogP contribution is 2.27. The molecule has 1 amide bonds. The predicted octanol–water partition coefficient (Wildman–Crippen LogP) is 2.21. The number of nitrogens with zero attached hydrogens (tertiary/aromatic N) is 2. The number of nitrogens with one attached hydrogen (secondary N) is 1. The number of carbonyl (C=O) groups excluding carboxylic acids is 1. The lowest BCUT2D eigenvalue weighted by molar-refractivity contribution is 0.0672. The first kappa shape index (κ1) is 14.7. The van der Waals surface area contributed by atoms with Crippen LogP contribution in [0.25, 0.3) is 0 Å². The summed E-state index contributed by atoms with van der Waals surface area (Å²) >= 11 is 0. The molecule has 2 aromatic rings. The SMILES string of the molecule is Cn1cc(C(=O)N[C@@H](c2ccc(F)cc2)[C@@H]2CCCO2)cn1. The molecule has 1 N–H and O–H groups in total. The normalized spacial score (nSPS) is 19.1. The third-order valence-corrected chi connectivity index (χ3v) is 3.82. The van der Waals surface area contributed by atoms with E-state index in [0.717, 1.165) is 18.4 Å². The molecule has 0 aliphatic carbocycles. The predicted molar refractivity (Wildman–Crippen MR) is 78.8 cm³/mol. The van der Waals surface area contributed by atoms with Crippen LogP contribution in [0.2, 0.25) is 0 Å². The molecule has 1 aromatic carbocycles. The smallest absolute Gasteiger partial charge is 0.255 e. The topological polar surface area (TPSA) is 56.2 Å². The van der Waals surface area contributed by atoms with Gasteiger partial charge in [0.2, 0.25) is 0 Å². The van der Waals surface area contributed by atoms with E-state index in [1.54, 1.807) is 30.1 Å². The van der Waals surface area contributed by atoms with Gasteiger partial charge in [0, 0.05) is 19.9 Å². The molecule has 2 atom stereocenters. The van der Waals surface area contributed by atoms with Crippen LogP contribution in [0.3, 0.4) is 0 Å². The van der Waals surface area contributed by atoms with Crippen LogP contribution in [-0.4, -0.2) is 28.4 Å². The molecule has 0 bridgehead atoms. The highest BCUT2D eigenvalue weighted by atomic mass is 19.1. The van der Waals surface area contributed by atoms with Gasteiger partial charge in [0.15, 0.2) is 0 Å². The van der Waals surface area contributed by atoms with Gasteiger partial charge in [-0.2, -0.15) is 5.10 Å². The zero-order valence-electron chi connectivity index (χ0n) is 12.3. The maximum atomic E-state index is 13.1. The molecule has 116 valence electrons. The zero-order valence-corrected chi connectivity index (χ0v) is 12.3. The van der Waals surface area contributed by atoms with Gasteiger partial charge in [-0.25, -0.2) is 4.39 Å². The van der Waals surface area contributed by atoms with Crippen LogP contribution >= 0.6 is 0 Å². The monoisotopic (exact) mass is 303 g/mol. The van der Waals surface area contributed by atoms with E-state index >= 15 is 0 Å². The summed E-state index contributed by atoms with van der Waals surface area (Å²) < 4.78 is 20.4. The average Bonchev–Trinajstić information content (AvgIpc) is 3.17. The molecule has 1 aromatic heterocycles. The first-order valence-electron chi connectivity index (χ1n) is 7.30. The molecule has 5 nitrogen and oxygen atoms in total. The van der Waals surface area contributed by atoms with Gasteiger partial charge in [0.05, 0.1) is 23.9 Å². The average molecular weight is 303 g/mol. The van der Waals surface area contributed by atoms with Crippen molar-refractivity contribution in [1.29, 1.82) is 0 Å². The molecule has 2 heterocycles. The van der Waals surface area contributed by atoms with Gasteiger partial charge in [-0.15, -0.1) is 0 Å². The molecular formula is C16H18FN3O2. The Kier molecular flexibility index (Phi) is 4.20. The van der Waals surface area contributed by atoms with Crippen molar-refractivity contribution in [3.05, 3.63) is 53.6 Å². The van der Waals surface area contributed by atoms with Crippen LogP contribution in [-0.2, 0) is 11.8 Å². The van der Waals surface area contributed by atoms with Crippen molar-refractivity contribution in [3.8, 4) is 0 Å². The summed E-state index contributed by atoms with van der Waals surface area (Å²) in [6.45, 7) is 0.686. The van der Waals surface area contributed by atoms with Crippen LogP contribution < -0.4 is 5.32 Å². The summed E-state index contributed by atoms with van der Waals surface area (Å²) in [7, 11) is 1.76. The van der Waals surface area contributed by atoms with Crippen molar-refractivity contribution in [3.63, 3.8) is 0 Å². The third-order valence-electron chi connectivity index (χ3n) is 3.82. The van der Waals surface area contributed by atoms with Crippen molar-refractivity contribution >= 4 is 5.91 Å². The molecule has 0 spiro atoms. The number of carbonyl (C=O) groups is 1. The Morgan fingerprint density at radius 1 is 1.45 bits per heavy atom. The minimum atomic E-state index is -0.298. The summed E-state index contributed by atoms with van der Waals surface area (Å²) in [4.78, 5) is 12.4. The quantitative estimate of drug-likeness (QED) is 0.942.